The summed E-state index contributed by atoms with van der Waals surface area (Å²) in [5.41, 5.74) is 2.15. The quantitative estimate of drug-likeness (QED) is 0.924. The predicted molar refractivity (Wildman–Crippen MR) is 83.3 cm³/mol. The van der Waals surface area contributed by atoms with Crippen LogP contribution in [0.2, 0.25) is 5.02 Å². The third kappa shape index (κ3) is 3.44. The summed E-state index contributed by atoms with van der Waals surface area (Å²) in [6.45, 7) is 5.83. The molecule has 0 unspecified atom stereocenters. The topological polar surface area (TPSA) is 35.6 Å². The van der Waals surface area contributed by atoms with Crippen molar-refractivity contribution in [2.75, 3.05) is 38.1 Å². The van der Waals surface area contributed by atoms with Crippen LogP contribution in [-0.2, 0) is 11.3 Å². The Balaban J connectivity index is 2.28. The smallest absolute Gasteiger partial charge is 0.241 e. The lowest BCUT2D eigenvalue weighted by atomic mass is 10.1. The molecule has 1 heterocycles. The van der Waals surface area contributed by atoms with Crippen LogP contribution < -0.4 is 10.2 Å². The molecule has 1 aromatic rings. The van der Waals surface area contributed by atoms with Crippen LogP contribution in [-0.4, -0.2) is 44.0 Å². The van der Waals surface area contributed by atoms with Gasteiger partial charge in [-0.3, -0.25) is 4.79 Å². The van der Waals surface area contributed by atoms with Gasteiger partial charge in [-0.15, -0.1) is 0 Å². The second-order valence-electron chi connectivity index (χ2n) is 5.12. The van der Waals surface area contributed by atoms with E-state index in [1.165, 1.54) is 0 Å². The summed E-state index contributed by atoms with van der Waals surface area (Å²) in [6, 6.07) is 5.93. The molecule has 2 rings (SSSR count). The molecule has 1 fully saturated rings. The Labute approximate surface area is 125 Å². The molecule has 0 spiro atoms. The molecule has 0 aliphatic carbocycles. The van der Waals surface area contributed by atoms with Crippen LogP contribution in [0.4, 0.5) is 5.69 Å². The van der Waals surface area contributed by atoms with Gasteiger partial charge < -0.3 is 15.1 Å². The lowest BCUT2D eigenvalue weighted by molar-refractivity contribution is -0.127. The Morgan fingerprint density at radius 3 is 2.90 bits per heavy atom. The first-order valence-corrected chi connectivity index (χ1v) is 7.48. The van der Waals surface area contributed by atoms with Crippen LogP contribution >= 0.6 is 11.6 Å². The highest BCUT2D eigenvalue weighted by Crippen LogP contribution is 2.30. The van der Waals surface area contributed by atoms with Gasteiger partial charge in [0.2, 0.25) is 5.91 Å². The highest BCUT2D eigenvalue weighted by atomic mass is 35.5. The number of anilines is 1. The zero-order valence-corrected chi connectivity index (χ0v) is 12.9. The average molecular weight is 296 g/mol. The van der Waals surface area contributed by atoms with Gasteiger partial charge in [0.05, 0.1) is 17.3 Å². The molecular weight excluding hydrogens is 274 g/mol. The summed E-state index contributed by atoms with van der Waals surface area (Å²) in [6.07, 6.45) is 0.966. The molecule has 1 saturated heterocycles. The third-order valence-corrected chi connectivity index (χ3v) is 3.93. The van der Waals surface area contributed by atoms with Gasteiger partial charge in [0, 0.05) is 26.7 Å². The fraction of sp³-hybridized carbons (Fsp3) is 0.533. The largest absolute Gasteiger partial charge is 0.361 e. The van der Waals surface area contributed by atoms with Gasteiger partial charge in [-0.05, 0) is 24.6 Å². The maximum atomic E-state index is 12.1. The number of carbonyl (C=O) groups is 1. The number of carbonyl (C=O) groups excluding carboxylic acids is 1. The van der Waals surface area contributed by atoms with E-state index >= 15 is 0 Å². The van der Waals surface area contributed by atoms with Gasteiger partial charge in [-0.1, -0.05) is 30.7 Å². The zero-order valence-electron chi connectivity index (χ0n) is 12.2. The highest BCUT2D eigenvalue weighted by Gasteiger charge is 2.22. The number of amides is 1. The molecule has 1 aliphatic heterocycles. The molecular formula is C15H22ClN3O. The Bertz CT molecular complexity index is 478. The van der Waals surface area contributed by atoms with Gasteiger partial charge in [0.15, 0.2) is 0 Å². The molecule has 0 bridgehead atoms. The van der Waals surface area contributed by atoms with Crippen molar-refractivity contribution in [2.45, 2.75) is 19.9 Å². The number of hydrogen-bond donors (Lipinski definition) is 1. The summed E-state index contributed by atoms with van der Waals surface area (Å²) in [4.78, 5) is 16.0. The maximum absolute atomic E-state index is 12.1. The standard InChI is InChI=1S/C15H22ClN3O/c1-3-17-10-12-6-4-7-13(16)15(12)19-9-5-8-18(2)14(20)11-19/h4,6-7,17H,3,5,8-11H2,1-2H3. The fourth-order valence-corrected chi connectivity index (χ4v) is 2.81. The molecule has 0 aromatic heterocycles. The predicted octanol–water partition coefficient (Wildman–Crippen LogP) is 2.12. The van der Waals surface area contributed by atoms with E-state index < -0.39 is 0 Å². The van der Waals surface area contributed by atoms with E-state index in [9.17, 15) is 4.79 Å². The van der Waals surface area contributed by atoms with Crippen LogP contribution in [0.3, 0.4) is 0 Å². The van der Waals surface area contributed by atoms with Gasteiger partial charge >= 0.3 is 0 Å². The highest BCUT2D eigenvalue weighted by molar-refractivity contribution is 6.33. The van der Waals surface area contributed by atoms with Crippen LogP contribution in [0.5, 0.6) is 0 Å². The van der Waals surface area contributed by atoms with E-state index in [4.69, 9.17) is 11.6 Å². The molecule has 20 heavy (non-hydrogen) atoms. The number of likely N-dealkylation sites (N-methyl/N-ethyl adjacent to an activating group) is 1. The summed E-state index contributed by atoms with van der Waals surface area (Å²) < 4.78 is 0. The molecule has 110 valence electrons. The first kappa shape index (κ1) is 15.1. The van der Waals surface area contributed by atoms with Gasteiger partial charge in [0.25, 0.3) is 0 Å². The molecule has 0 atom stereocenters. The Hall–Kier alpha value is -1.26. The van der Waals surface area contributed by atoms with Crippen molar-refractivity contribution in [1.82, 2.24) is 10.2 Å². The zero-order chi connectivity index (χ0) is 14.5. The summed E-state index contributed by atoms with van der Waals surface area (Å²) >= 11 is 6.38. The number of nitrogens with one attached hydrogen (secondary N) is 1. The lowest BCUT2D eigenvalue weighted by Gasteiger charge is -2.26. The van der Waals surface area contributed by atoms with Crippen molar-refractivity contribution in [3.63, 3.8) is 0 Å². The minimum absolute atomic E-state index is 0.150. The van der Waals surface area contributed by atoms with E-state index in [2.05, 4.69) is 23.2 Å². The Kier molecular flexibility index (Phi) is 5.26. The SMILES string of the molecule is CCNCc1cccc(Cl)c1N1CCCN(C)C(=O)C1. The van der Waals surface area contributed by atoms with Crippen molar-refractivity contribution in [1.29, 1.82) is 0 Å². The lowest BCUT2D eigenvalue weighted by Crippen LogP contribution is -2.35. The third-order valence-electron chi connectivity index (χ3n) is 3.63. The van der Waals surface area contributed by atoms with Crippen molar-refractivity contribution in [3.05, 3.63) is 28.8 Å². The van der Waals surface area contributed by atoms with Crippen LogP contribution in [0.25, 0.3) is 0 Å². The molecule has 1 N–H and O–H groups in total. The molecule has 0 radical (unpaired) electrons. The monoisotopic (exact) mass is 295 g/mol. The Morgan fingerprint density at radius 2 is 2.15 bits per heavy atom. The first-order chi connectivity index (χ1) is 9.63. The van der Waals surface area contributed by atoms with E-state index in [1.807, 2.05) is 19.2 Å². The van der Waals surface area contributed by atoms with E-state index in [0.29, 0.717) is 6.54 Å². The van der Waals surface area contributed by atoms with Crippen LogP contribution in [0.1, 0.15) is 18.9 Å². The molecule has 1 aromatic carbocycles. The number of halogens is 1. The van der Waals surface area contributed by atoms with Crippen LogP contribution in [0, 0.1) is 0 Å². The number of rotatable bonds is 4. The van der Waals surface area contributed by atoms with Crippen molar-refractivity contribution in [3.8, 4) is 0 Å². The molecule has 1 amide bonds. The van der Waals surface area contributed by atoms with E-state index in [-0.39, 0.29) is 5.91 Å². The van der Waals surface area contributed by atoms with Gasteiger partial charge in [-0.25, -0.2) is 0 Å². The summed E-state index contributed by atoms with van der Waals surface area (Å²) in [5, 5.41) is 4.05. The van der Waals surface area contributed by atoms with Crippen molar-refractivity contribution >= 4 is 23.2 Å². The van der Waals surface area contributed by atoms with Gasteiger partial charge in [0.1, 0.15) is 0 Å². The van der Waals surface area contributed by atoms with Gasteiger partial charge in [-0.2, -0.15) is 0 Å². The number of nitrogens with zero attached hydrogens (tertiary/aromatic N) is 2. The number of para-hydroxylation sites is 1. The van der Waals surface area contributed by atoms with Crippen molar-refractivity contribution in [2.24, 2.45) is 0 Å². The maximum Gasteiger partial charge on any atom is 0.241 e. The average Bonchev–Trinajstić information content (AvgIpc) is 2.59. The normalized spacial score (nSPS) is 16.4. The number of benzene rings is 1. The van der Waals surface area contributed by atoms with Crippen molar-refractivity contribution < 1.29 is 4.79 Å². The fourth-order valence-electron chi connectivity index (χ4n) is 2.49. The van der Waals surface area contributed by atoms with E-state index in [1.54, 1.807) is 4.90 Å². The first-order valence-electron chi connectivity index (χ1n) is 7.10. The molecule has 5 heteroatoms. The Morgan fingerprint density at radius 1 is 1.35 bits per heavy atom. The molecule has 4 nitrogen and oxygen atoms in total. The molecule has 1 aliphatic rings. The van der Waals surface area contributed by atoms with Crippen LogP contribution in [0.15, 0.2) is 18.2 Å². The number of hydrogen-bond acceptors (Lipinski definition) is 3. The summed E-state index contributed by atoms with van der Waals surface area (Å²) in [7, 11) is 1.86. The van der Waals surface area contributed by atoms with E-state index in [0.717, 1.165) is 48.9 Å². The second-order valence-corrected chi connectivity index (χ2v) is 5.53. The second kappa shape index (κ2) is 6.95. The summed E-state index contributed by atoms with van der Waals surface area (Å²) in [5.74, 6) is 0.150. The minimum atomic E-state index is 0.150. The minimum Gasteiger partial charge on any atom is -0.361 e. The molecule has 0 saturated carbocycles.